The van der Waals surface area contributed by atoms with E-state index in [2.05, 4.69) is 14.9 Å². The van der Waals surface area contributed by atoms with E-state index in [-0.39, 0.29) is 0 Å². The molecular formula is C14H16ClN3O. The summed E-state index contributed by atoms with van der Waals surface area (Å²) >= 11 is 6.17. The Bertz CT molecular complexity index is 578. The highest BCUT2D eigenvalue weighted by Gasteiger charge is 2.24. The van der Waals surface area contributed by atoms with Crippen LogP contribution in [-0.4, -0.2) is 16.7 Å². The maximum Gasteiger partial charge on any atom is 0.121 e. The first-order chi connectivity index (χ1) is 9.28. The van der Waals surface area contributed by atoms with Crippen LogP contribution in [-0.2, 0) is 6.54 Å². The Morgan fingerprint density at radius 3 is 3.05 bits per heavy atom. The van der Waals surface area contributed by atoms with Gasteiger partial charge in [0, 0.05) is 18.3 Å². The molecule has 1 aliphatic rings. The Morgan fingerprint density at radius 1 is 1.47 bits per heavy atom. The van der Waals surface area contributed by atoms with Crippen molar-refractivity contribution < 1.29 is 4.74 Å². The van der Waals surface area contributed by atoms with Gasteiger partial charge in [-0.05, 0) is 25.0 Å². The summed E-state index contributed by atoms with van der Waals surface area (Å²) in [6.07, 6.45) is 6.31. The van der Waals surface area contributed by atoms with Gasteiger partial charge in [-0.15, -0.1) is 0 Å². The van der Waals surface area contributed by atoms with Crippen LogP contribution in [0.4, 0.5) is 5.69 Å². The van der Waals surface area contributed by atoms with Gasteiger partial charge < -0.3 is 14.6 Å². The van der Waals surface area contributed by atoms with Crippen molar-refractivity contribution in [3.63, 3.8) is 0 Å². The summed E-state index contributed by atoms with van der Waals surface area (Å²) in [6.45, 7) is 0.712. The SMILES string of the molecule is COc1ccc(Cl)c(NCc2cncn2C2CC2)c1. The molecule has 0 bridgehead atoms. The number of halogens is 1. The van der Waals surface area contributed by atoms with E-state index in [4.69, 9.17) is 16.3 Å². The molecule has 0 amide bonds. The van der Waals surface area contributed by atoms with Gasteiger partial charge in [-0.3, -0.25) is 0 Å². The quantitative estimate of drug-likeness (QED) is 0.909. The Morgan fingerprint density at radius 2 is 2.32 bits per heavy atom. The lowest BCUT2D eigenvalue weighted by molar-refractivity contribution is 0.415. The second-order valence-corrected chi connectivity index (χ2v) is 5.13. The van der Waals surface area contributed by atoms with E-state index in [1.54, 1.807) is 7.11 Å². The predicted molar refractivity (Wildman–Crippen MR) is 75.8 cm³/mol. The molecule has 1 fully saturated rings. The topological polar surface area (TPSA) is 39.1 Å². The van der Waals surface area contributed by atoms with Crippen molar-refractivity contribution in [3.05, 3.63) is 41.4 Å². The van der Waals surface area contributed by atoms with E-state index in [0.717, 1.165) is 11.4 Å². The van der Waals surface area contributed by atoms with Crippen LogP contribution in [0, 0.1) is 0 Å². The van der Waals surface area contributed by atoms with Gasteiger partial charge in [-0.25, -0.2) is 4.98 Å². The average Bonchev–Trinajstić information content (AvgIpc) is 3.17. The van der Waals surface area contributed by atoms with Crippen molar-refractivity contribution in [2.75, 3.05) is 12.4 Å². The van der Waals surface area contributed by atoms with Crippen molar-refractivity contribution in [2.45, 2.75) is 25.4 Å². The van der Waals surface area contributed by atoms with Crippen molar-refractivity contribution >= 4 is 17.3 Å². The summed E-state index contributed by atoms with van der Waals surface area (Å²) in [6, 6.07) is 6.23. The number of anilines is 1. The van der Waals surface area contributed by atoms with Crippen molar-refractivity contribution in [1.29, 1.82) is 0 Å². The predicted octanol–water partition coefficient (Wildman–Crippen LogP) is 3.49. The molecule has 100 valence electrons. The summed E-state index contributed by atoms with van der Waals surface area (Å²) in [5, 5.41) is 4.03. The van der Waals surface area contributed by atoms with Gasteiger partial charge in [0.1, 0.15) is 5.75 Å². The Hall–Kier alpha value is -1.68. The molecule has 1 aliphatic carbocycles. The van der Waals surface area contributed by atoms with Crippen LogP contribution in [0.3, 0.4) is 0 Å². The zero-order valence-corrected chi connectivity index (χ0v) is 11.5. The number of imidazole rings is 1. The summed E-state index contributed by atoms with van der Waals surface area (Å²) in [4.78, 5) is 4.22. The molecular weight excluding hydrogens is 262 g/mol. The van der Waals surface area contributed by atoms with E-state index in [9.17, 15) is 0 Å². The highest BCUT2D eigenvalue weighted by molar-refractivity contribution is 6.33. The van der Waals surface area contributed by atoms with Crippen LogP contribution in [0.1, 0.15) is 24.6 Å². The zero-order chi connectivity index (χ0) is 13.2. The Balaban J connectivity index is 1.73. The monoisotopic (exact) mass is 277 g/mol. The molecule has 0 atom stereocenters. The molecule has 19 heavy (non-hydrogen) atoms. The molecule has 0 saturated heterocycles. The van der Waals surface area contributed by atoms with E-state index in [1.807, 2.05) is 30.7 Å². The third kappa shape index (κ3) is 2.68. The van der Waals surface area contributed by atoms with Gasteiger partial charge in [0.05, 0.1) is 36.4 Å². The molecule has 0 radical (unpaired) electrons. The molecule has 3 rings (SSSR count). The normalized spacial score (nSPS) is 14.4. The smallest absolute Gasteiger partial charge is 0.121 e. The van der Waals surface area contributed by atoms with Gasteiger partial charge in [0.25, 0.3) is 0 Å². The number of nitrogens with one attached hydrogen (secondary N) is 1. The summed E-state index contributed by atoms with van der Waals surface area (Å²) in [5.74, 6) is 0.794. The number of nitrogens with zero attached hydrogens (tertiary/aromatic N) is 2. The minimum atomic E-state index is 0.639. The fraction of sp³-hybridized carbons (Fsp3) is 0.357. The van der Waals surface area contributed by atoms with Gasteiger partial charge >= 0.3 is 0 Å². The van der Waals surface area contributed by atoms with Crippen LogP contribution < -0.4 is 10.1 Å². The van der Waals surface area contributed by atoms with Crippen molar-refractivity contribution in [2.24, 2.45) is 0 Å². The zero-order valence-electron chi connectivity index (χ0n) is 10.8. The number of aromatic nitrogens is 2. The van der Waals surface area contributed by atoms with Gasteiger partial charge in [-0.2, -0.15) is 0 Å². The third-order valence-electron chi connectivity index (χ3n) is 3.32. The lowest BCUT2D eigenvalue weighted by Gasteiger charge is -2.11. The van der Waals surface area contributed by atoms with Gasteiger partial charge in [0.2, 0.25) is 0 Å². The number of rotatable bonds is 5. The highest BCUT2D eigenvalue weighted by atomic mass is 35.5. The van der Waals surface area contributed by atoms with Gasteiger partial charge in [0.15, 0.2) is 0 Å². The Labute approximate surface area is 117 Å². The summed E-state index contributed by atoms with van der Waals surface area (Å²) in [7, 11) is 1.65. The molecule has 1 N–H and O–H groups in total. The van der Waals surface area contributed by atoms with E-state index in [0.29, 0.717) is 17.6 Å². The summed E-state index contributed by atoms with van der Waals surface area (Å²) < 4.78 is 7.44. The highest BCUT2D eigenvalue weighted by Crippen LogP contribution is 2.36. The second-order valence-electron chi connectivity index (χ2n) is 4.72. The number of hydrogen-bond donors (Lipinski definition) is 1. The lowest BCUT2D eigenvalue weighted by Crippen LogP contribution is -2.06. The maximum absolute atomic E-state index is 6.17. The largest absolute Gasteiger partial charge is 0.497 e. The minimum absolute atomic E-state index is 0.639. The van der Waals surface area contributed by atoms with Crippen LogP contribution in [0.25, 0.3) is 0 Å². The van der Waals surface area contributed by atoms with Crippen LogP contribution in [0.5, 0.6) is 5.75 Å². The molecule has 5 heteroatoms. The molecule has 1 saturated carbocycles. The molecule has 0 unspecified atom stereocenters. The lowest BCUT2D eigenvalue weighted by atomic mass is 10.3. The maximum atomic E-state index is 6.17. The molecule has 4 nitrogen and oxygen atoms in total. The van der Waals surface area contributed by atoms with Crippen LogP contribution in [0.15, 0.2) is 30.7 Å². The first-order valence-electron chi connectivity index (χ1n) is 6.36. The van der Waals surface area contributed by atoms with Gasteiger partial charge in [-0.1, -0.05) is 11.6 Å². The van der Waals surface area contributed by atoms with E-state index in [1.165, 1.54) is 18.5 Å². The number of methoxy groups -OCH3 is 1. The van der Waals surface area contributed by atoms with Crippen LogP contribution >= 0.6 is 11.6 Å². The minimum Gasteiger partial charge on any atom is -0.497 e. The molecule has 0 aliphatic heterocycles. The first kappa shape index (κ1) is 12.4. The Kier molecular flexibility index (Phi) is 3.34. The average molecular weight is 278 g/mol. The fourth-order valence-corrected chi connectivity index (χ4v) is 2.29. The standard InChI is InChI=1S/C14H16ClN3O/c1-19-12-4-5-13(15)14(6-12)17-8-11-7-16-9-18(11)10-2-3-10/h4-7,9-10,17H,2-3,8H2,1H3. The number of hydrogen-bond acceptors (Lipinski definition) is 3. The second kappa shape index (κ2) is 5.13. The van der Waals surface area contributed by atoms with Crippen LogP contribution in [0.2, 0.25) is 5.02 Å². The van der Waals surface area contributed by atoms with Crippen molar-refractivity contribution in [3.8, 4) is 5.75 Å². The van der Waals surface area contributed by atoms with Crippen molar-refractivity contribution in [1.82, 2.24) is 9.55 Å². The molecule has 0 spiro atoms. The number of benzene rings is 1. The first-order valence-corrected chi connectivity index (χ1v) is 6.74. The van der Waals surface area contributed by atoms with E-state index < -0.39 is 0 Å². The van der Waals surface area contributed by atoms with E-state index >= 15 is 0 Å². The summed E-state index contributed by atoms with van der Waals surface area (Å²) in [5.41, 5.74) is 2.06. The molecule has 2 aromatic rings. The molecule has 1 aromatic heterocycles. The third-order valence-corrected chi connectivity index (χ3v) is 3.65. The number of ether oxygens (including phenoxy) is 1. The fourth-order valence-electron chi connectivity index (χ4n) is 2.10. The molecule has 1 heterocycles. The molecule has 1 aromatic carbocycles.